The van der Waals surface area contributed by atoms with E-state index in [-0.39, 0.29) is 12.3 Å². The number of nitrogens with zero attached hydrogens (tertiary/aromatic N) is 1. The maximum Gasteiger partial charge on any atom is 0.228 e. The zero-order chi connectivity index (χ0) is 15.4. The fourth-order valence-corrected chi connectivity index (χ4v) is 2.39. The molecule has 0 spiro atoms. The summed E-state index contributed by atoms with van der Waals surface area (Å²) in [6, 6.07) is 17.1. The smallest absolute Gasteiger partial charge is 0.228 e. The number of benzene rings is 2. The molecule has 110 valence electrons. The van der Waals surface area contributed by atoms with E-state index >= 15 is 0 Å². The lowest BCUT2D eigenvalue weighted by atomic mass is 10.1. The third kappa shape index (κ3) is 3.06. The normalized spacial score (nSPS) is 10.4. The Balaban J connectivity index is 1.78. The summed E-state index contributed by atoms with van der Waals surface area (Å²) < 4.78 is 5.15. The minimum atomic E-state index is -0.0774. The molecule has 1 heterocycles. The summed E-state index contributed by atoms with van der Waals surface area (Å²) in [4.78, 5) is 16.6. The minimum absolute atomic E-state index is 0.0774. The van der Waals surface area contributed by atoms with Gasteiger partial charge in [0.15, 0.2) is 0 Å². The van der Waals surface area contributed by atoms with Crippen LogP contribution in [0.25, 0.3) is 10.9 Å². The molecule has 0 fully saturated rings. The largest absolute Gasteiger partial charge is 0.497 e. The number of methoxy groups -OCH3 is 1. The molecule has 4 heteroatoms. The van der Waals surface area contributed by atoms with Crippen molar-refractivity contribution in [3.63, 3.8) is 0 Å². The van der Waals surface area contributed by atoms with Crippen molar-refractivity contribution in [2.24, 2.45) is 0 Å². The Bertz CT molecular complexity index is 810. The number of hydrogen-bond acceptors (Lipinski definition) is 3. The highest BCUT2D eigenvalue weighted by atomic mass is 16.5. The Morgan fingerprint density at radius 3 is 2.82 bits per heavy atom. The van der Waals surface area contributed by atoms with Crippen molar-refractivity contribution in [2.75, 3.05) is 12.4 Å². The number of para-hydroxylation sites is 1. The average molecular weight is 292 g/mol. The number of hydrogen-bond donors (Lipinski definition) is 1. The van der Waals surface area contributed by atoms with Gasteiger partial charge in [0, 0.05) is 23.3 Å². The maximum atomic E-state index is 12.2. The molecule has 0 unspecified atom stereocenters. The zero-order valence-corrected chi connectivity index (χ0v) is 12.2. The number of aromatic nitrogens is 1. The van der Waals surface area contributed by atoms with E-state index in [1.54, 1.807) is 19.4 Å². The summed E-state index contributed by atoms with van der Waals surface area (Å²) in [6.45, 7) is 0. The van der Waals surface area contributed by atoms with Crippen LogP contribution in [-0.2, 0) is 11.2 Å². The summed E-state index contributed by atoms with van der Waals surface area (Å²) in [7, 11) is 1.60. The van der Waals surface area contributed by atoms with Gasteiger partial charge < -0.3 is 10.1 Å². The number of anilines is 1. The third-order valence-corrected chi connectivity index (χ3v) is 3.42. The summed E-state index contributed by atoms with van der Waals surface area (Å²) in [5.74, 6) is 0.635. The number of ether oxygens (including phenoxy) is 1. The molecule has 0 atom stereocenters. The number of nitrogens with one attached hydrogen (secondary N) is 1. The second-order valence-corrected chi connectivity index (χ2v) is 4.95. The Morgan fingerprint density at radius 1 is 1.14 bits per heavy atom. The van der Waals surface area contributed by atoms with Crippen LogP contribution >= 0.6 is 0 Å². The predicted molar refractivity (Wildman–Crippen MR) is 87.1 cm³/mol. The lowest BCUT2D eigenvalue weighted by molar-refractivity contribution is -0.115. The van der Waals surface area contributed by atoms with Gasteiger partial charge in [-0.15, -0.1) is 0 Å². The molecule has 3 aromatic rings. The lowest BCUT2D eigenvalue weighted by Gasteiger charge is -2.08. The molecule has 0 saturated carbocycles. The molecule has 1 aromatic heterocycles. The topological polar surface area (TPSA) is 51.2 Å². The first-order valence-electron chi connectivity index (χ1n) is 7.03. The first-order valence-corrected chi connectivity index (χ1v) is 7.03. The van der Waals surface area contributed by atoms with Gasteiger partial charge in [-0.05, 0) is 23.8 Å². The molecule has 0 radical (unpaired) electrons. The predicted octanol–water partition coefficient (Wildman–Crippen LogP) is 3.42. The molecule has 1 N–H and O–H groups in total. The van der Waals surface area contributed by atoms with Crippen molar-refractivity contribution in [1.82, 2.24) is 4.98 Å². The van der Waals surface area contributed by atoms with Gasteiger partial charge in [-0.2, -0.15) is 0 Å². The van der Waals surface area contributed by atoms with Gasteiger partial charge >= 0.3 is 0 Å². The van der Waals surface area contributed by atoms with Crippen LogP contribution < -0.4 is 10.1 Å². The highest BCUT2D eigenvalue weighted by molar-refractivity contribution is 5.95. The number of carbonyl (C=O) groups excluding carboxylic acids is 1. The van der Waals surface area contributed by atoms with Gasteiger partial charge in [0.2, 0.25) is 5.91 Å². The van der Waals surface area contributed by atoms with E-state index in [1.807, 2.05) is 48.5 Å². The van der Waals surface area contributed by atoms with Crippen LogP contribution in [0, 0.1) is 0 Å². The first-order chi connectivity index (χ1) is 10.8. The Labute approximate surface area is 128 Å². The van der Waals surface area contributed by atoms with Gasteiger partial charge in [0.25, 0.3) is 0 Å². The summed E-state index contributed by atoms with van der Waals surface area (Å²) in [6.07, 6.45) is 2.03. The van der Waals surface area contributed by atoms with Gasteiger partial charge in [0.1, 0.15) is 5.75 Å². The monoisotopic (exact) mass is 292 g/mol. The van der Waals surface area contributed by atoms with Crippen molar-refractivity contribution in [3.05, 3.63) is 66.4 Å². The Morgan fingerprint density at radius 2 is 1.95 bits per heavy atom. The molecule has 0 aliphatic heterocycles. The highest BCUT2D eigenvalue weighted by Gasteiger charge is 2.08. The summed E-state index contributed by atoms with van der Waals surface area (Å²) in [5.41, 5.74) is 2.50. The number of carbonyl (C=O) groups is 1. The van der Waals surface area contributed by atoms with Crippen molar-refractivity contribution >= 4 is 22.5 Å². The molecule has 2 aromatic carbocycles. The van der Waals surface area contributed by atoms with Crippen LogP contribution in [0.3, 0.4) is 0 Å². The third-order valence-electron chi connectivity index (χ3n) is 3.42. The minimum Gasteiger partial charge on any atom is -0.497 e. The van der Waals surface area contributed by atoms with Crippen molar-refractivity contribution in [2.45, 2.75) is 6.42 Å². The van der Waals surface area contributed by atoms with E-state index in [2.05, 4.69) is 10.3 Å². The number of rotatable bonds is 4. The second-order valence-electron chi connectivity index (χ2n) is 4.95. The molecular formula is C18H16N2O2. The molecule has 0 bridgehead atoms. The molecule has 0 aliphatic rings. The van der Waals surface area contributed by atoms with E-state index in [1.165, 1.54) is 0 Å². The van der Waals surface area contributed by atoms with Crippen molar-refractivity contribution in [3.8, 4) is 5.75 Å². The lowest BCUT2D eigenvalue weighted by Crippen LogP contribution is -2.14. The van der Waals surface area contributed by atoms with Gasteiger partial charge in [-0.3, -0.25) is 9.78 Å². The summed E-state index contributed by atoms with van der Waals surface area (Å²) in [5, 5.41) is 3.92. The molecule has 22 heavy (non-hydrogen) atoms. The van der Waals surface area contributed by atoms with Gasteiger partial charge in [0.05, 0.1) is 19.0 Å². The quantitative estimate of drug-likeness (QED) is 0.801. The fraction of sp³-hybridized carbons (Fsp3) is 0.111. The second kappa shape index (κ2) is 6.26. The summed E-state index contributed by atoms with van der Waals surface area (Å²) >= 11 is 0. The van der Waals surface area contributed by atoms with Crippen LogP contribution in [0.2, 0.25) is 0 Å². The standard InChI is InChI=1S/C18H16N2O2/c1-22-16-9-3-8-15(12-16)20-17(21)11-14-6-2-5-13-7-4-10-19-18(13)14/h2-10,12H,11H2,1H3,(H,20,21). The molecular weight excluding hydrogens is 276 g/mol. The number of pyridine rings is 1. The van der Waals surface area contributed by atoms with Crippen LogP contribution in [0.15, 0.2) is 60.8 Å². The maximum absolute atomic E-state index is 12.2. The van der Waals surface area contributed by atoms with Crippen LogP contribution in [0.5, 0.6) is 5.75 Å². The first kappa shape index (κ1) is 14.1. The van der Waals surface area contributed by atoms with Gasteiger partial charge in [-0.25, -0.2) is 0 Å². The van der Waals surface area contributed by atoms with E-state index in [4.69, 9.17) is 4.74 Å². The molecule has 0 saturated heterocycles. The zero-order valence-electron chi connectivity index (χ0n) is 12.2. The molecule has 1 amide bonds. The number of fused-ring (bicyclic) bond motifs is 1. The van der Waals surface area contributed by atoms with Crippen LogP contribution in [-0.4, -0.2) is 18.0 Å². The Kier molecular flexibility index (Phi) is 4.01. The van der Waals surface area contributed by atoms with Crippen LogP contribution in [0.1, 0.15) is 5.56 Å². The molecule has 3 rings (SSSR count). The van der Waals surface area contributed by atoms with Crippen molar-refractivity contribution < 1.29 is 9.53 Å². The SMILES string of the molecule is COc1cccc(NC(=O)Cc2cccc3cccnc23)c1. The van der Waals surface area contributed by atoms with E-state index in [9.17, 15) is 4.79 Å². The number of amides is 1. The average Bonchev–Trinajstić information content (AvgIpc) is 2.55. The van der Waals surface area contributed by atoms with Crippen LogP contribution in [0.4, 0.5) is 5.69 Å². The van der Waals surface area contributed by atoms with E-state index < -0.39 is 0 Å². The Hall–Kier alpha value is -2.88. The van der Waals surface area contributed by atoms with Crippen molar-refractivity contribution in [1.29, 1.82) is 0 Å². The van der Waals surface area contributed by atoms with E-state index in [0.29, 0.717) is 5.75 Å². The highest BCUT2D eigenvalue weighted by Crippen LogP contribution is 2.19. The fourth-order valence-electron chi connectivity index (χ4n) is 2.39. The van der Waals surface area contributed by atoms with Gasteiger partial charge in [-0.1, -0.05) is 30.3 Å². The van der Waals surface area contributed by atoms with E-state index in [0.717, 1.165) is 22.2 Å². The molecule has 0 aliphatic carbocycles. The molecule has 4 nitrogen and oxygen atoms in total.